The summed E-state index contributed by atoms with van der Waals surface area (Å²) in [6.07, 6.45) is 0. The van der Waals surface area contributed by atoms with Gasteiger partial charge in [0.05, 0.1) is 33.5 Å². The van der Waals surface area contributed by atoms with Crippen LogP contribution in [0, 0.1) is 12.7 Å². The highest BCUT2D eigenvalue weighted by Gasteiger charge is 2.21. The predicted octanol–water partition coefficient (Wildman–Crippen LogP) is 11.5. The molecular weight excluding hydrogens is 642 g/mol. The van der Waals surface area contributed by atoms with Gasteiger partial charge in [-0.2, -0.15) is 0 Å². The summed E-state index contributed by atoms with van der Waals surface area (Å²) < 4.78 is 19.0. The first kappa shape index (κ1) is 29.9. The van der Waals surface area contributed by atoms with Gasteiger partial charge in [-0.05, 0) is 67.6 Å². The molecule has 0 saturated carbocycles. The highest BCUT2D eigenvalue weighted by Crippen LogP contribution is 2.42. The van der Waals surface area contributed by atoms with Crippen LogP contribution in [0.3, 0.4) is 0 Å². The fourth-order valence-corrected chi connectivity index (χ4v) is 7.50. The van der Waals surface area contributed by atoms with Gasteiger partial charge in [-0.1, -0.05) is 109 Å². The number of halogens is 1. The summed E-state index contributed by atoms with van der Waals surface area (Å²) in [5, 5.41) is 4.70. The maximum Gasteiger partial charge on any atom is 0.179 e. The second-order valence-corrected chi connectivity index (χ2v) is 13.1. The molecule has 0 aliphatic carbocycles. The van der Waals surface area contributed by atoms with Crippen LogP contribution < -0.4 is 0 Å². The molecule has 10 rings (SSSR count). The van der Waals surface area contributed by atoms with Crippen molar-refractivity contribution in [1.29, 1.82) is 0 Å². The van der Waals surface area contributed by atoms with Crippen molar-refractivity contribution < 1.29 is 4.39 Å². The molecule has 0 bridgehead atoms. The quantitative estimate of drug-likeness (QED) is 0.183. The summed E-state index contributed by atoms with van der Waals surface area (Å²) >= 11 is 0. The molecule has 4 aromatic heterocycles. The van der Waals surface area contributed by atoms with Crippen molar-refractivity contribution in [3.8, 4) is 45.5 Å². The Morgan fingerprint density at radius 2 is 1.15 bits per heavy atom. The summed E-state index contributed by atoms with van der Waals surface area (Å²) in [7, 11) is 0. The monoisotopic (exact) mass is 671 g/mol. The Morgan fingerprint density at radius 3 is 1.94 bits per heavy atom. The number of para-hydroxylation sites is 3. The van der Waals surface area contributed by atoms with Gasteiger partial charge in [-0.15, -0.1) is 0 Å². The first-order chi connectivity index (χ1) is 25.6. The minimum Gasteiger partial charge on any atom is -0.309 e. The van der Waals surface area contributed by atoms with Crippen molar-refractivity contribution in [2.45, 2.75) is 6.92 Å². The third-order valence-electron chi connectivity index (χ3n) is 9.87. The van der Waals surface area contributed by atoms with Crippen molar-refractivity contribution in [1.82, 2.24) is 24.1 Å². The van der Waals surface area contributed by atoms with E-state index in [0.717, 1.165) is 61.2 Å². The molecule has 6 heteroatoms. The first-order valence-corrected chi connectivity index (χ1v) is 17.3. The molecule has 246 valence electrons. The Hall–Kier alpha value is -6.92. The van der Waals surface area contributed by atoms with E-state index >= 15 is 0 Å². The summed E-state index contributed by atoms with van der Waals surface area (Å²) in [6, 6.07) is 54.8. The van der Waals surface area contributed by atoms with Gasteiger partial charge in [0.25, 0.3) is 0 Å². The second kappa shape index (κ2) is 11.9. The Labute approximate surface area is 298 Å². The Bertz CT molecular complexity index is 2980. The summed E-state index contributed by atoms with van der Waals surface area (Å²) in [4.78, 5) is 15.2. The molecular formula is C46H30FN5. The number of benzene rings is 6. The van der Waals surface area contributed by atoms with E-state index in [9.17, 15) is 4.39 Å². The van der Waals surface area contributed by atoms with E-state index in [1.165, 1.54) is 22.9 Å². The molecule has 0 unspecified atom stereocenters. The molecule has 6 aromatic carbocycles. The number of hydrogen-bond donors (Lipinski definition) is 0. The van der Waals surface area contributed by atoms with Crippen LogP contribution in [0.2, 0.25) is 0 Å². The van der Waals surface area contributed by atoms with Crippen LogP contribution in [0.4, 0.5) is 4.39 Å². The van der Waals surface area contributed by atoms with E-state index < -0.39 is 0 Å². The molecule has 0 aliphatic heterocycles. The molecule has 52 heavy (non-hydrogen) atoms. The molecule has 0 amide bonds. The summed E-state index contributed by atoms with van der Waals surface area (Å²) in [6.45, 7) is 2.06. The number of nitrogens with zero attached hydrogens (tertiary/aromatic N) is 5. The number of pyridine rings is 1. The van der Waals surface area contributed by atoms with Gasteiger partial charge >= 0.3 is 0 Å². The third kappa shape index (κ3) is 4.80. The maximum absolute atomic E-state index is 14.4. The van der Waals surface area contributed by atoms with Crippen LogP contribution in [-0.4, -0.2) is 24.1 Å². The molecule has 10 aromatic rings. The van der Waals surface area contributed by atoms with Crippen LogP contribution in [0.25, 0.3) is 89.2 Å². The number of hydrogen-bond acceptors (Lipinski definition) is 3. The Kier molecular flexibility index (Phi) is 6.83. The largest absolute Gasteiger partial charge is 0.309 e. The molecule has 0 N–H and O–H groups in total. The number of aryl methyl sites for hydroxylation is 1. The minimum atomic E-state index is -0.318. The molecule has 0 atom stereocenters. The zero-order chi connectivity index (χ0) is 34.8. The standard InChI is InChI=1S/C46H30FN5/c1-29-21-23-30(24-22-29)38-28-39(31-11-9-12-32(47)27-31)50-46(49-38)37-17-10-20-43(48-37)52-41-19-8-6-16-36(41)44-42(52)26-25-35-34-15-5-7-18-40(34)51(45(35)44)33-13-3-2-4-14-33/h2-28H,1H3. The zero-order valence-electron chi connectivity index (χ0n) is 28.2. The highest BCUT2D eigenvalue weighted by atomic mass is 19.1. The van der Waals surface area contributed by atoms with Crippen molar-refractivity contribution in [3.05, 3.63) is 175 Å². The second-order valence-electron chi connectivity index (χ2n) is 13.1. The predicted molar refractivity (Wildman–Crippen MR) is 210 cm³/mol. The first-order valence-electron chi connectivity index (χ1n) is 17.3. The zero-order valence-corrected chi connectivity index (χ0v) is 28.2. The fraction of sp³-hybridized carbons (Fsp3) is 0.0217. The van der Waals surface area contributed by atoms with E-state index in [-0.39, 0.29) is 5.82 Å². The molecule has 0 spiro atoms. The van der Waals surface area contributed by atoms with Gasteiger partial charge < -0.3 is 4.57 Å². The third-order valence-corrected chi connectivity index (χ3v) is 9.87. The van der Waals surface area contributed by atoms with E-state index in [0.29, 0.717) is 22.8 Å². The van der Waals surface area contributed by atoms with Gasteiger partial charge in [0.2, 0.25) is 0 Å². The lowest BCUT2D eigenvalue weighted by molar-refractivity contribution is 0.628. The van der Waals surface area contributed by atoms with Crippen LogP contribution in [0.1, 0.15) is 5.56 Å². The van der Waals surface area contributed by atoms with Gasteiger partial charge in [0.1, 0.15) is 17.3 Å². The SMILES string of the molecule is Cc1ccc(-c2cc(-c3cccc(F)c3)nc(-c3cccc(-n4c5ccccc5c5c4ccc4c6ccccc6n(-c6ccccc6)c45)n3)n2)cc1. The summed E-state index contributed by atoms with van der Waals surface area (Å²) in [5.74, 6) is 0.898. The molecule has 0 radical (unpaired) electrons. The van der Waals surface area contributed by atoms with E-state index in [1.54, 1.807) is 6.07 Å². The van der Waals surface area contributed by atoms with Crippen molar-refractivity contribution in [2.75, 3.05) is 0 Å². The van der Waals surface area contributed by atoms with Gasteiger partial charge in [-0.25, -0.2) is 19.3 Å². The van der Waals surface area contributed by atoms with Crippen molar-refractivity contribution >= 4 is 43.6 Å². The van der Waals surface area contributed by atoms with Crippen LogP contribution >= 0.6 is 0 Å². The Morgan fingerprint density at radius 1 is 0.462 bits per heavy atom. The van der Waals surface area contributed by atoms with Gasteiger partial charge in [0, 0.05) is 38.4 Å². The lowest BCUT2D eigenvalue weighted by atomic mass is 10.1. The maximum atomic E-state index is 14.4. The minimum absolute atomic E-state index is 0.318. The van der Waals surface area contributed by atoms with Crippen LogP contribution in [-0.2, 0) is 0 Å². The number of aromatic nitrogens is 5. The van der Waals surface area contributed by atoms with E-state index in [1.807, 2.05) is 42.5 Å². The van der Waals surface area contributed by atoms with Crippen LogP contribution in [0.15, 0.2) is 164 Å². The van der Waals surface area contributed by atoms with Crippen molar-refractivity contribution in [2.24, 2.45) is 0 Å². The van der Waals surface area contributed by atoms with Gasteiger partial charge in [-0.3, -0.25) is 4.57 Å². The summed E-state index contributed by atoms with van der Waals surface area (Å²) in [5.41, 5.74) is 10.3. The van der Waals surface area contributed by atoms with E-state index in [2.05, 4.69) is 119 Å². The normalized spacial score (nSPS) is 11.7. The molecule has 0 fully saturated rings. The van der Waals surface area contributed by atoms with Crippen molar-refractivity contribution in [3.63, 3.8) is 0 Å². The Balaban J connectivity index is 1.22. The molecule has 5 nitrogen and oxygen atoms in total. The molecule has 0 aliphatic rings. The number of rotatable bonds is 5. The average molecular weight is 672 g/mol. The lowest BCUT2D eigenvalue weighted by Crippen LogP contribution is -2.01. The highest BCUT2D eigenvalue weighted by molar-refractivity contribution is 6.26. The molecule has 4 heterocycles. The van der Waals surface area contributed by atoms with E-state index in [4.69, 9.17) is 15.0 Å². The average Bonchev–Trinajstić information content (AvgIpc) is 3.71. The molecule has 0 saturated heterocycles. The lowest BCUT2D eigenvalue weighted by Gasteiger charge is -2.12. The topological polar surface area (TPSA) is 48.5 Å². The van der Waals surface area contributed by atoms with Crippen LogP contribution in [0.5, 0.6) is 0 Å². The number of fused-ring (bicyclic) bond motifs is 7. The fourth-order valence-electron chi connectivity index (χ4n) is 7.50. The smallest absolute Gasteiger partial charge is 0.179 e. The van der Waals surface area contributed by atoms with Gasteiger partial charge in [0.15, 0.2) is 5.82 Å².